The van der Waals surface area contributed by atoms with E-state index in [1.54, 1.807) is 0 Å². The Labute approximate surface area is 145 Å². The van der Waals surface area contributed by atoms with Crippen molar-refractivity contribution >= 4 is 11.6 Å². The average Bonchev–Trinajstić information content (AvgIpc) is 3.05. The minimum absolute atomic E-state index is 0.0830. The number of piperazine rings is 1. The molecule has 2 saturated heterocycles. The molecular formula is C19H29N3O2. The minimum atomic E-state index is 0.0830. The number of rotatable bonds is 5. The molecule has 5 heteroatoms. The Bertz CT molecular complexity index is 562. The predicted octanol–water partition coefficient (Wildman–Crippen LogP) is 1.90. The Morgan fingerprint density at radius 1 is 1.21 bits per heavy atom. The van der Waals surface area contributed by atoms with Gasteiger partial charge in [-0.15, -0.1) is 0 Å². The second kappa shape index (κ2) is 8.10. The van der Waals surface area contributed by atoms with Gasteiger partial charge in [0, 0.05) is 45.0 Å². The number of carbonyl (C=O) groups is 1. The van der Waals surface area contributed by atoms with Gasteiger partial charge in [-0.3, -0.25) is 9.69 Å². The van der Waals surface area contributed by atoms with Crippen molar-refractivity contribution < 1.29 is 9.53 Å². The van der Waals surface area contributed by atoms with Crippen LogP contribution in [-0.2, 0) is 9.53 Å². The molecule has 24 heavy (non-hydrogen) atoms. The molecule has 0 radical (unpaired) electrons. The molecule has 0 aromatic heterocycles. The number of amides is 1. The predicted molar refractivity (Wildman–Crippen MR) is 96.4 cm³/mol. The normalized spacial score (nSPS) is 22.7. The number of hydrogen-bond acceptors (Lipinski definition) is 4. The first-order valence-electron chi connectivity index (χ1n) is 9.00. The summed E-state index contributed by atoms with van der Waals surface area (Å²) >= 11 is 0. The van der Waals surface area contributed by atoms with Crippen LogP contribution in [-0.4, -0.2) is 68.2 Å². The molecule has 5 nitrogen and oxygen atoms in total. The molecule has 2 heterocycles. The van der Waals surface area contributed by atoms with Crippen molar-refractivity contribution in [3.63, 3.8) is 0 Å². The number of nitrogens with zero attached hydrogens (tertiary/aromatic N) is 2. The summed E-state index contributed by atoms with van der Waals surface area (Å²) in [7, 11) is 0. The number of nitrogens with one attached hydrogen (secondary N) is 1. The van der Waals surface area contributed by atoms with Gasteiger partial charge in [-0.25, -0.2) is 0 Å². The van der Waals surface area contributed by atoms with Gasteiger partial charge in [0.1, 0.15) is 0 Å². The molecule has 2 aliphatic rings. The van der Waals surface area contributed by atoms with Crippen LogP contribution in [0.2, 0.25) is 0 Å². The van der Waals surface area contributed by atoms with Gasteiger partial charge < -0.3 is 15.0 Å². The summed E-state index contributed by atoms with van der Waals surface area (Å²) in [5.74, 6) is 0.781. The molecule has 0 unspecified atom stereocenters. The van der Waals surface area contributed by atoms with Crippen LogP contribution in [0.25, 0.3) is 0 Å². The minimum Gasteiger partial charge on any atom is -0.381 e. The monoisotopic (exact) mass is 331 g/mol. The van der Waals surface area contributed by atoms with Crippen molar-refractivity contribution in [2.45, 2.75) is 20.3 Å². The van der Waals surface area contributed by atoms with Crippen LogP contribution in [0.1, 0.15) is 17.5 Å². The summed E-state index contributed by atoms with van der Waals surface area (Å²) in [4.78, 5) is 17.1. The topological polar surface area (TPSA) is 44.8 Å². The molecule has 1 amide bonds. The number of hydrogen-bond donors (Lipinski definition) is 1. The van der Waals surface area contributed by atoms with E-state index in [4.69, 9.17) is 4.74 Å². The van der Waals surface area contributed by atoms with Crippen molar-refractivity contribution in [3.8, 4) is 0 Å². The highest BCUT2D eigenvalue weighted by molar-refractivity contribution is 5.93. The van der Waals surface area contributed by atoms with Gasteiger partial charge in [-0.2, -0.15) is 0 Å². The van der Waals surface area contributed by atoms with Gasteiger partial charge in [0.25, 0.3) is 0 Å². The van der Waals surface area contributed by atoms with Gasteiger partial charge in [0.05, 0.1) is 13.2 Å². The van der Waals surface area contributed by atoms with E-state index >= 15 is 0 Å². The number of anilines is 1. The van der Waals surface area contributed by atoms with E-state index in [0.717, 1.165) is 57.2 Å². The number of benzene rings is 1. The first-order valence-corrected chi connectivity index (χ1v) is 9.00. The summed E-state index contributed by atoms with van der Waals surface area (Å²) in [6, 6.07) is 6.12. The highest BCUT2D eigenvalue weighted by Gasteiger charge is 2.23. The fourth-order valence-electron chi connectivity index (χ4n) is 3.57. The van der Waals surface area contributed by atoms with E-state index in [2.05, 4.69) is 28.1 Å². The average molecular weight is 331 g/mol. The highest BCUT2D eigenvalue weighted by Crippen LogP contribution is 2.17. The van der Waals surface area contributed by atoms with Gasteiger partial charge in [-0.1, -0.05) is 17.7 Å². The summed E-state index contributed by atoms with van der Waals surface area (Å²) in [5.41, 5.74) is 3.26. The van der Waals surface area contributed by atoms with Crippen LogP contribution < -0.4 is 5.32 Å². The lowest BCUT2D eigenvalue weighted by Gasteiger charge is -2.35. The maximum absolute atomic E-state index is 12.3. The molecule has 0 aliphatic carbocycles. The zero-order valence-corrected chi connectivity index (χ0v) is 14.9. The Hall–Kier alpha value is -1.43. The smallest absolute Gasteiger partial charge is 0.238 e. The molecule has 1 aromatic rings. The first-order chi connectivity index (χ1) is 11.6. The highest BCUT2D eigenvalue weighted by atomic mass is 16.5. The van der Waals surface area contributed by atoms with Gasteiger partial charge >= 0.3 is 0 Å². The third-order valence-electron chi connectivity index (χ3n) is 5.03. The van der Waals surface area contributed by atoms with Crippen LogP contribution in [0.3, 0.4) is 0 Å². The third kappa shape index (κ3) is 4.79. The second-order valence-corrected chi connectivity index (χ2v) is 7.17. The molecule has 1 aromatic carbocycles. The lowest BCUT2D eigenvalue weighted by atomic mass is 10.1. The van der Waals surface area contributed by atoms with E-state index in [1.165, 1.54) is 12.0 Å². The molecule has 0 bridgehead atoms. The molecule has 0 saturated carbocycles. The summed E-state index contributed by atoms with van der Waals surface area (Å²) in [6.45, 7) is 11.6. The maximum atomic E-state index is 12.3. The summed E-state index contributed by atoms with van der Waals surface area (Å²) in [6.07, 6.45) is 1.19. The van der Waals surface area contributed by atoms with Gasteiger partial charge in [0.15, 0.2) is 0 Å². The Morgan fingerprint density at radius 2 is 1.96 bits per heavy atom. The molecular weight excluding hydrogens is 302 g/mol. The lowest BCUT2D eigenvalue weighted by molar-refractivity contribution is -0.117. The molecule has 1 N–H and O–H groups in total. The van der Waals surface area contributed by atoms with Crippen LogP contribution in [0, 0.1) is 19.8 Å². The molecule has 2 aliphatic heterocycles. The lowest BCUT2D eigenvalue weighted by Crippen LogP contribution is -2.49. The quantitative estimate of drug-likeness (QED) is 0.895. The van der Waals surface area contributed by atoms with E-state index in [9.17, 15) is 4.79 Å². The fourth-order valence-corrected chi connectivity index (χ4v) is 3.57. The Morgan fingerprint density at radius 3 is 2.62 bits per heavy atom. The van der Waals surface area contributed by atoms with Crippen LogP contribution in [0.5, 0.6) is 0 Å². The standard InChI is InChI=1S/C19H29N3O2/c1-15-3-4-18(16(2)11-15)20-19(23)13-22-8-6-21(7-9-22)12-17-5-10-24-14-17/h3-4,11,17H,5-10,12-14H2,1-2H3,(H,20,23)/t17-/m0/s1. The number of ether oxygens (including phenoxy) is 1. The Kier molecular flexibility index (Phi) is 5.87. The van der Waals surface area contributed by atoms with E-state index in [-0.39, 0.29) is 5.91 Å². The van der Waals surface area contributed by atoms with Crippen molar-refractivity contribution in [3.05, 3.63) is 29.3 Å². The van der Waals surface area contributed by atoms with E-state index < -0.39 is 0 Å². The fraction of sp³-hybridized carbons (Fsp3) is 0.632. The van der Waals surface area contributed by atoms with Crippen molar-refractivity contribution in [2.24, 2.45) is 5.92 Å². The zero-order valence-electron chi connectivity index (χ0n) is 14.9. The molecule has 3 rings (SSSR count). The Balaban J connectivity index is 1.41. The van der Waals surface area contributed by atoms with E-state index in [0.29, 0.717) is 12.5 Å². The van der Waals surface area contributed by atoms with Crippen molar-refractivity contribution in [1.29, 1.82) is 0 Å². The van der Waals surface area contributed by atoms with Crippen LogP contribution >= 0.6 is 0 Å². The molecule has 2 fully saturated rings. The summed E-state index contributed by atoms with van der Waals surface area (Å²) < 4.78 is 5.46. The molecule has 1 atom stereocenters. The second-order valence-electron chi connectivity index (χ2n) is 7.17. The molecule has 0 spiro atoms. The zero-order chi connectivity index (χ0) is 16.9. The van der Waals surface area contributed by atoms with Gasteiger partial charge in [-0.05, 0) is 37.8 Å². The van der Waals surface area contributed by atoms with E-state index in [1.807, 2.05) is 19.1 Å². The van der Waals surface area contributed by atoms with Crippen molar-refractivity contribution in [1.82, 2.24) is 9.80 Å². The van der Waals surface area contributed by atoms with Crippen LogP contribution in [0.15, 0.2) is 18.2 Å². The maximum Gasteiger partial charge on any atom is 0.238 e. The summed E-state index contributed by atoms with van der Waals surface area (Å²) in [5, 5.41) is 3.04. The largest absolute Gasteiger partial charge is 0.381 e. The molecule has 132 valence electrons. The number of aryl methyl sites for hydroxylation is 2. The first kappa shape index (κ1) is 17.4. The van der Waals surface area contributed by atoms with Gasteiger partial charge in [0.2, 0.25) is 5.91 Å². The SMILES string of the molecule is Cc1ccc(NC(=O)CN2CCN(C[C@@H]3CCOC3)CC2)c(C)c1. The third-order valence-corrected chi connectivity index (χ3v) is 5.03. The van der Waals surface area contributed by atoms with Crippen LogP contribution in [0.4, 0.5) is 5.69 Å². The number of carbonyl (C=O) groups excluding carboxylic acids is 1. The van der Waals surface area contributed by atoms with Crippen molar-refractivity contribution in [2.75, 3.05) is 57.8 Å².